The first-order valence-electron chi connectivity index (χ1n) is 19.7. The normalized spacial score (nSPS) is 17.8. The fourth-order valence-electron chi connectivity index (χ4n) is 6.71. The Morgan fingerprint density at radius 2 is 1.48 bits per heavy atom. The zero-order valence-corrected chi connectivity index (χ0v) is 36.7. The Morgan fingerprint density at radius 1 is 0.857 bits per heavy atom. The average molecular weight is 805 g/mol. The number of anilines is 1. The molecule has 1 aliphatic carbocycles. The molecule has 5 rings (SSSR count). The largest absolute Gasteiger partial charge is 0.461 e. The molecule has 4 aromatic rings. The van der Waals surface area contributed by atoms with Gasteiger partial charge in [-0.05, 0) is 55.4 Å². The van der Waals surface area contributed by atoms with Gasteiger partial charge in [0.15, 0.2) is 11.2 Å². The van der Waals surface area contributed by atoms with E-state index in [9.17, 15) is 4.79 Å². The standard InChI is InChI=1S/C40H61BN6O7Si2/c1-49-18-20-53-39(48)40(54-21-19-50-2)16-14-31(15-17-40)36-35(41)38(45(29-51-22-24-55(3,4)5)30-52-23-25-56(6,7)8)47-37(44-36)34(27-43-47)32-26-42-46(28-32)33-12-10-9-11-13-33/h9-13,26-28,31H,14-25,29-30H2,1-8H3. The van der Waals surface area contributed by atoms with E-state index >= 15 is 0 Å². The molecule has 0 aliphatic heterocycles. The molecule has 0 atom stereocenters. The summed E-state index contributed by atoms with van der Waals surface area (Å²) in [5, 5.41) is 9.57. The average Bonchev–Trinajstić information content (AvgIpc) is 3.82. The summed E-state index contributed by atoms with van der Waals surface area (Å²) >= 11 is 0. The second-order valence-corrected chi connectivity index (χ2v) is 28.3. The van der Waals surface area contributed by atoms with Gasteiger partial charge in [0.25, 0.3) is 0 Å². The maximum atomic E-state index is 13.5. The van der Waals surface area contributed by atoms with E-state index in [1.807, 2.05) is 63.0 Å². The number of carbonyl (C=O) groups is 1. The first-order valence-corrected chi connectivity index (χ1v) is 27.1. The van der Waals surface area contributed by atoms with Crippen LogP contribution in [0.4, 0.5) is 5.82 Å². The van der Waals surface area contributed by atoms with Gasteiger partial charge < -0.3 is 33.3 Å². The number of carbonyl (C=O) groups excluding carboxylic acids is 1. The molecule has 13 nitrogen and oxygen atoms in total. The minimum atomic E-state index is -1.33. The predicted molar refractivity (Wildman–Crippen MR) is 226 cm³/mol. The van der Waals surface area contributed by atoms with Gasteiger partial charge >= 0.3 is 5.97 Å². The highest BCUT2D eigenvalue weighted by atomic mass is 28.3. The number of esters is 1. The highest BCUT2D eigenvalue weighted by Crippen LogP contribution is 2.41. The van der Waals surface area contributed by atoms with Crippen LogP contribution in [-0.4, -0.2) is 127 Å². The molecule has 2 radical (unpaired) electrons. The molecule has 0 amide bonds. The Hall–Kier alpha value is -3.38. The molecule has 16 heteroatoms. The first-order chi connectivity index (χ1) is 26.7. The topological polar surface area (TPSA) is 124 Å². The lowest BCUT2D eigenvalue weighted by atomic mass is 9.74. The third-order valence-electron chi connectivity index (χ3n) is 10.1. The fourth-order valence-corrected chi connectivity index (χ4v) is 8.22. The van der Waals surface area contributed by atoms with E-state index in [-0.39, 0.29) is 38.6 Å². The SMILES string of the molecule is [B]c1c(C2CCC(OCCOC)(C(=O)OCCOC)CC2)nc2c(-c3cnn(-c4ccccc4)c3)cnn2c1N(COCC[Si](C)(C)C)COCC[Si](C)(C)C. The van der Waals surface area contributed by atoms with Gasteiger partial charge in [-0.2, -0.15) is 14.7 Å². The van der Waals surface area contributed by atoms with E-state index in [1.54, 1.807) is 14.2 Å². The number of fused-ring (bicyclic) bond motifs is 1. The highest BCUT2D eigenvalue weighted by Gasteiger charge is 2.45. The van der Waals surface area contributed by atoms with Crippen LogP contribution < -0.4 is 10.4 Å². The van der Waals surface area contributed by atoms with E-state index in [4.69, 9.17) is 46.4 Å². The summed E-state index contributed by atoms with van der Waals surface area (Å²) in [5.74, 6) is 0.216. The molecule has 0 unspecified atom stereocenters. The second kappa shape index (κ2) is 19.9. The molecule has 0 N–H and O–H groups in total. The van der Waals surface area contributed by atoms with Crippen LogP contribution in [-0.2, 0) is 33.2 Å². The van der Waals surface area contributed by atoms with Crippen LogP contribution in [0.2, 0.25) is 51.4 Å². The lowest BCUT2D eigenvalue weighted by molar-refractivity contribution is -0.180. The maximum Gasteiger partial charge on any atom is 0.338 e. The van der Waals surface area contributed by atoms with Crippen LogP contribution in [0.15, 0.2) is 48.9 Å². The van der Waals surface area contributed by atoms with Crippen LogP contribution in [0.1, 0.15) is 37.3 Å². The Bertz CT molecular complexity index is 1820. The molecule has 1 aliphatic rings. The Balaban J connectivity index is 1.54. The molecule has 56 heavy (non-hydrogen) atoms. The van der Waals surface area contributed by atoms with Crippen LogP contribution >= 0.6 is 0 Å². The predicted octanol–water partition coefficient (Wildman–Crippen LogP) is 6.06. The summed E-state index contributed by atoms with van der Waals surface area (Å²) in [5.41, 5.74) is 3.45. The first kappa shape index (κ1) is 43.7. The highest BCUT2D eigenvalue weighted by molar-refractivity contribution is 6.76. The van der Waals surface area contributed by atoms with Crippen LogP contribution in [0.25, 0.3) is 22.5 Å². The van der Waals surface area contributed by atoms with Crippen LogP contribution in [0, 0.1) is 0 Å². The lowest BCUT2D eigenvalue weighted by Gasteiger charge is -2.38. The van der Waals surface area contributed by atoms with Gasteiger partial charge in [0.2, 0.25) is 0 Å². The van der Waals surface area contributed by atoms with E-state index in [1.165, 1.54) is 0 Å². The summed E-state index contributed by atoms with van der Waals surface area (Å²) < 4.78 is 38.7. The number of nitrogens with zero attached hydrogens (tertiary/aromatic N) is 6. The molecular formula is C40H61BN6O7Si2. The summed E-state index contributed by atoms with van der Waals surface area (Å²) in [6, 6.07) is 12.1. The molecule has 0 saturated heterocycles. The van der Waals surface area contributed by atoms with Gasteiger partial charge in [-0.25, -0.2) is 14.5 Å². The van der Waals surface area contributed by atoms with Crippen molar-refractivity contribution in [2.75, 3.05) is 72.2 Å². The van der Waals surface area contributed by atoms with Crippen molar-refractivity contribution < 1.29 is 33.2 Å². The van der Waals surface area contributed by atoms with Crippen molar-refractivity contribution in [2.24, 2.45) is 0 Å². The molecule has 0 bridgehead atoms. The molecule has 3 heterocycles. The van der Waals surface area contributed by atoms with Crippen molar-refractivity contribution in [3.8, 4) is 16.8 Å². The quantitative estimate of drug-likeness (QED) is 0.0399. The van der Waals surface area contributed by atoms with Gasteiger partial charge in [-0.1, -0.05) is 57.5 Å². The van der Waals surface area contributed by atoms with Crippen LogP contribution in [0.3, 0.4) is 0 Å². The van der Waals surface area contributed by atoms with Gasteiger partial charge in [0, 0.05) is 72.5 Å². The van der Waals surface area contributed by atoms with E-state index in [2.05, 4.69) is 44.4 Å². The number of hydrogen-bond donors (Lipinski definition) is 0. The van der Waals surface area contributed by atoms with Crippen molar-refractivity contribution in [1.82, 2.24) is 24.4 Å². The summed E-state index contributed by atoms with van der Waals surface area (Å²) in [6.07, 6.45) is 7.73. The number of rotatable bonds is 22. The van der Waals surface area contributed by atoms with E-state index in [0.29, 0.717) is 69.0 Å². The number of benzene rings is 1. The number of para-hydroxylation sites is 1. The third-order valence-corrected chi connectivity index (χ3v) is 13.5. The van der Waals surface area contributed by atoms with Gasteiger partial charge in [0.05, 0.1) is 37.9 Å². The second-order valence-electron chi connectivity index (χ2n) is 17.0. The molecule has 0 spiro atoms. The molecule has 1 aromatic carbocycles. The molecule has 304 valence electrons. The molecule has 1 fully saturated rings. The number of ether oxygens (including phenoxy) is 6. The van der Waals surface area contributed by atoms with Crippen molar-refractivity contribution in [3.63, 3.8) is 0 Å². The van der Waals surface area contributed by atoms with Crippen molar-refractivity contribution in [3.05, 3.63) is 54.6 Å². The summed E-state index contributed by atoms with van der Waals surface area (Å²) in [7, 11) is 7.76. The minimum Gasteiger partial charge on any atom is -0.461 e. The van der Waals surface area contributed by atoms with Gasteiger partial charge in [0.1, 0.15) is 33.7 Å². The summed E-state index contributed by atoms with van der Waals surface area (Å²) in [6.45, 7) is 17.0. The van der Waals surface area contributed by atoms with E-state index < -0.39 is 21.7 Å². The third kappa shape index (κ3) is 11.6. The molecule has 1 saturated carbocycles. The van der Waals surface area contributed by atoms with Crippen molar-refractivity contribution in [1.29, 1.82) is 0 Å². The lowest BCUT2D eigenvalue weighted by Crippen LogP contribution is -2.47. The number of aromatic nitrogens is 5. The Kier molecular flexibility index (Phi) is 15.5. The Morgan fingerprint density at radius 3 is 2.09 bits per heavy atom. The zero-order chi connectivity index (χ0) is 40.3. The maximum absolute atomic E-state index is 13.5. The monoisotopic (exact) mass is 804 g/mol. The smallest absolute Gasteiger partial charge is 0.338 e. The number of hydrogen-bond acceptors (Lipinski definition) is 11. The Labute approximate surface area is 335 Å². The van der Waals surface area contributed by atoms with Crippen LogP contribution in [0.5, 0.6) is 0 Å². The van der Waals surface area contributed by atoms with Crippen molar-refractivity contribution >= 4 is 46.9 Å². The minimum absolute atomic E-state index is 0.0677. The van der Waals surface area contributed by atoms with Crippen molar-refractivity contribution in [2.45, 2.75) is 88.6 Å². The zero-order valence-electron chi connectivity index (χ0n) is 34.7. The van der Waals surface area contributed by atoms with Gasteiger partial charge in [-0.3, -0.25) is 0 Å². The fraction of sp³-hybridized carbons (Fsp3) is 0.600. The molecule has 3 aromatic heterocycles. The van der Waals surface area contributed by atoms with E-state index in [0.717, 1.165) is 34.6 Å². The number of methoxy groups -OCH3 is 2. The molecular weight excluding hydrogens is 743 g/mol. The summed E-state index contributed by atoms with van der Waals surface area (Å²) in [4.78, 5) is 20.9. The van der Waals surface area contributed by atoms with Gasteiger partial charge in [-0.15, -0.1) is 0 Å².